The molecule has 1 aromatic rings. The molecule has 0 aromatic carbocycles. The molecular weight excluding hydrogens is 318 g/mol. The predicted molar refractivity (Wildman–Crippen MR) is 82.6 cm³/mol. The van der Waals surface area contributed by atoms with Crippen LogP contribution in [-0.2, 0) is 5.75 Å². The molecule has 0 aliphatic rings. The minimum Gasteiger partial charge on any atom is -0.374 e. The lowest BCUT2D eigenvalue weighted by Gasteiger charge is -2.04. The van der Waals surface area contributed by atoms with Crippen LogP contribution in [-0.4, -0.2) is 39.6 Å². The number of anilines is 1. The fourth-order valence-corrected chi connectivity index (χ4v) is 2.28. The fraction of sp³-hybridized carbons (Fsp3) is 0.444. The van der Waals surface area contributed by atoms with Crippen molar-refractivity contribution in [2.45, 2.75) is 5.75 Å². The average Bonchev–Trinajstić information content (AvgIpc) is 2.83. The summed E-state index contributed by atoms with van der Waals surface area (Å²) >= 11 is 2.82. The lowest BCUT2D eigenvalue weighted by molar-refractivity contribution is -0.403. The Bertz CT molecular complexity index is 519. The molecule has 0 unspecified atom stereocenters. The second-order valence-electron chi connectivity index (χ2n) is 3.52. The largest absolute Gasteiger partial charge is 0.374 e. The number of nitrogens with two attached hydrogens (primary N) is 1. The van der Waals surface area contributed by atoms with Crippen molar-refractivity contribution in [3.05, 3.63) is 27.2 Å². The Morgan fingerprint density at radius 1 is 1.67 bits per heavy atom. The van der Waals surface area contributed by atoms with Crippen molar-refractivity contribution < 1.29 is 9.45 Å². The van der Waals surface area contributed by atoms with Crippen molar-refractivity contribution in [1.29, 1.82) is 5.41 Å². The van der Waals surface area contributed by atoms with E-state index in [4.69, 9.17) is 15.7 Å². The van der Waals surface area contributed by atoms with E-state index in [0.717, 1.165) is 12.0 Å². The van der Waals surface area contributed by atoms with E-state index >= 15 is 0 Å². The Morgan fingerprint density at radius 3 is 3.05 bits per heavy atom. The monoisotopic (exact) mass is 333 g/mol. The number of rotatable bonds is 9. The van der Waals surface area contributed by atoms with Gasteiger partial charge in [-0.05, 0) is 6.26 Å². The van der Waals surface area contributed by atoms with Gasteiger partial charge in [0.05, 0.1) is 10.7 Å². The van der Waals surface area contributed by atoms with E-state index in [1.54, 1.807) is 18.0 Å². The highest BCUT2D eigenvalue weighted by atomic mass is 32.2. The zero-order chi connectivity index (χ0) is 15.7. The highest BCUT2D eigenvalue weighted by Crippen LogP contribution is 2.12. The zero-order valence-corrected chi connectivity index (χ0v) is 12.8. The zero-order valence-electron chi connectivity index (χ0n) is 11.2. The average molecular weight is 333 g/mol. The lowest BCUT2D eigenvalue weighted by Crippen LogP contribution is -2.20. The summed E-state index contributed by atoms with van der Waals surface area (Å²) < 4.78 is 4.82. The SMILES string of the molecule is CSC(=C[N+](=O)[O-])NCCSCc1noc(NC(=N)N)n1. The van der Waals surface area contributed by atoms with Gasteiger partial charge in [-0.3, -0.25) is 20.8 Å². The van der Waals surface area contributed by atoms with Crippen LogP contribution >= 0.6 is 23.5 Å². The molecule has 0 saturated carbocycles. The number of aromatic nitrogens is 2. The highest BCUT2D eigenvalue weighted by Gasteiger charge is 2.06. The van der Waals surface area contributed by atoms with Crippen LogP contribution in [0, 0.1) is 15.5 Å². The van der Waals surface area contributed by atoms with Gasteiger partial charge in [0.25, 0.3) is 6.20 Å². The van der Waals surface area contributed by atoms with Crippen molar-refractivity contribution in [2.75, 3.05) is 23.9 Å². The molecule has 0 amide bonds. The summed E-state index contributed by atoms with van der Waals surface area (Å²) in [7, 11) is 0. The van der Waals surface area contributed by atoms with Crippen molar-refractivity contribution in [1.82, 2.24) is 15.5 Å². The molecule has 0 aliphatic carbocycles. The lowest BCUT2D eigenvalue weighted by atomic mass is 10.7. The van der Waals surface area contributed by atoms with Gasteiger partial charge >= 0.3 is 6.01 Å². The molecule has 0 radical (unpaired) electrons. The molecule has 12 heteroatoms. The van der Waals surface area contributed by atoms with Crippen LogP contribution in [0.5, 0.6) is 0 Å². The van der Waals surface area contributed by atoms with Crippen molar-refractivity contribution >= 4 is 35.5 Å². The summed E-state index contributed by atoms with van der Waals surface area (Å²) in [6, 6.07) is 0.0785. The quantitative estimate of drug-likeness (QED) is 0.166. The molecule has 1 rings (SSSR count). The maximum absolute atomic E-state index is 10.3. The molecule has 1 aromatic heterocycles. The molecule has 10 nitrogen and oxygen atoms in total. The van der Waals surface area contributed by atoms with Gasteiger partial charge in [0.15, 0.2) is 11.8 Å². The number of guanidine groups is 1. The van der Waals surface area contributed by atoms with Crippen LogP contribution in [0.15, 0.2) is 15.8 Å². The van der Waals surface area contributed by atoms with Crippen LogP contribution in [0.1, 0.15) is 5.82 Å². The number of hydrogen-bond donors (Lipinski definition) is 4. The third-order valence-corrected chi connectivity index (χ3v) is 3.57. The first-order chi connectivity index (χ1) is 10.0. The van der Waals surface area contributed by atoms with Gasteiger partial charge in [-0.15, -0.1) is 11.8 Å². The number of nitrogens with zero attached hydrogens (tertiary/aromatic N) is 3. The van der Waals surface area contributed by atoms with Crippen LogP contribution in [0.4, 0.5) is 6.01 Å². The Balaban J connectivity index is 2.23. The molecule has 116 valence electrons. The van der Waals surface area contributed by atoms with Gasteiger partial charge in [0.2, 0.25) is 0 Å². The van der Waals surface area contributed by atoms with E-state index in [-0.39, 0.29) is 12.0 Å². The van der Waals surface area contributed by atoms with E-state index in [9.17, 15) is 10.1 Å². The molecule has 0 atom stereocenters. The maximum atomic E-state index is 10.3. The Labute approximate surface area is 129 Å². The summed E-state index contributed by atoms with van der Waals surface area (Å²) in [6.45, 7) is 0.585. The number of thioether (sulfide) groups is 2. The predicted octanol–water partition coefficient (Wildman–Crippen LogP) is 0.636. The van der Waals surface area contributed by atoms with E-state index in [2.05, 4.69) is 20.8 Å². The van der Waals surface area contributed by atoms with E-state index in [1.165, 1.54) is 11.8 Å². The second-order valence-corrected chi connectivity index (χ2v) is 5.47. The molecule has 0 saturated heterocycles. The van der Waals surface area contributed by atoms with Crippen molar-refractivity contribution in [3.8, 4) is 0 Å². The second kappa shape index (κ2) is 9.07. The molecular formula is C9H15N7O3S2. The van der Waals surface area contributed by atoms with E-state index in [1.807, 2.05) is 0 Å². The number of nitrogens with one attached hydrogen (secondary N) is 3. The van der Waals surface area contributed by atoms with E-state index < -0.39 is 4.92 Å². The smallest absolute Gasteiger partial charge is 0.328 e. The summed E-state index contributed by atoms with van der Waals surface area (Å²) in [5, 5.41) is 26.9. The highest BCUT2D eigenvalue weighted by molar-refractivity contribution is 8.02. The van der Waals surface area contributed by atoms with Gasteiger partial charge in [-0.2, -0.15) is 16.7 Å². The van der Waals surface area contributed by atoms with Crippen LogP contribution in [0.2, 0.25) is 0 Å². The van der Waals surface area contributed by atoms with Crippen LogP contribution in [0.25, 0.3) is 0 Å². The van der Waals surface area contributed by atoms with Crippen LogP contribution in [0.3, 0.4) is 0 Å². The van der Waals surface area contributed by atoms with Crippen molar-refractivity contribution in [2.24, 2.45) is 5.73 Å². The number of nitro groups is 1. The summed E-state index contributed by atoms with van der Waals surface area (Å²) in [5.41, 5.74) is 5.13. The van der Waals surface area contributed by atoms with Crippen molar-refractivity contribution in [3.63, 3.8) is 0 Å². The topological polar surface area (TPSA) is 156 Å². The van der Waals surface area contributed by atoms with E-state index in [0.29, 0.717) is 23.2 Å². The Morgan fingerprint density at radius 2 is 2.43 bits per heavy atom. The standard InChI is InChI=1S/C9H15N7O3S2/c1-20-7(4-16(17)18)12-2-3-21-5-6-13-9(19-15-6)14-8(10)11/h4,12H,2-3,5H2,1H3,(H4,10,11,13,14,15). The van der Waals surface area contributed by atoms with Gasteiger partial charge in [-0.1, -0.05) is 5.16 Å². The first-order valence-electron chi connectivity index (χ1n) is 5.66. The molecule has 5 N–H and O–H groups in total. The summed E-state index contributed by atoms with van der Waals surface area (Å²) in [5.74, 6) is 1.46. The van der Waals surface area contributed by atoms with Crippen LogP contribution < -0.4 is 16.4 Å². The summed E-state index contributed by atoms with van der Waals surface area (Å²) in [6.07, 6.45) is 2.70. The van der Waals surface area contributed by atoms with Gasteiger partial charge in [0, 0.05) is 12.3 Å². The molecule has 0 aliphatic heterocycles. The maximum Gasteiger partial charge on any atom is 0.328 e. The third kappa shape index (κ3) is 7.41. The molecule has 21 heavy (non-hydrogen) atoms. The van der Waals surface area contributed by atoms with Gasteiger partial charge in [0.1, 0.15) is 5.03 Å². The molecule has 0 spiro atoms. The molecule has 0 fully saturated rings. The first kappa shape index (κ1) is 17.1. The Kier molecular flexibility index (Phi) is 7.39. The molecule has 1 heterocycles. The minimum absolute atomic E-state index is 0.0785. The first-order valence-corrected chi connectivity index (χ1v) is 8.03. The number of hydrogen-bond acceptors (Lipinski definition) is 9. The molecule has 0 bridgehead atoms. The minimum atomic E-state index is -0.491. The Hall–Kier alpha value is -1.95. The van der Waals surface area contributed by atoms with Gasteiger partial charge in [-0.25, -0.2) is 0 Å². The third-order valence-electron chi connectivity index (χ3n) is 1.93. The van der Waals surface area contributed by atoms with Gasteiger partial charge < -0.3 is 15.6 Å². The fourth-order valence-electron chi connectivity index (χ4n) is 1.15. The normalized spacial score (nSPS) is 11.2. The summed E-state index contributed by atoms with van der Waals surface area (Å²) in [4.78, 5) is 13.8.